The van der Waals surface area contributed by atoms with Gasteiger partial charge in [-0.05, 0) is 61.4 Å². The van der Waals surface area contributed by atoms with Crippen molar-refractivity contribution in [1.29, 1.82) is 0 Å². The van der Waals surface area contributed by atoms with Gasteiger partial charge in [0.25, 0.3) is 0 Å². The maximum absolute atomic E-state index is 14.1. The average Bonchev–Trinajstić information content (AvgIpc) is 2.99. The Hall–Kier alpha value is -3.15. The summed E-state index contributed by atoms with van der Waals surface area (Å²) in [7, 11) is 0. The minimum atomic E-state index is -0.455. The Balaban J connectivity index is 1.93. The van der Waals surface area contributed by atoms with Crippen molar-refractivity contribution in [2.45, 2.75) is 98.8 Å². The number of anilines is 2. The van der Waals surface area contributed by atoms with Gasteiger partial charge in [0, 0.05) is 35.6 Å². The highest BCUT2D eigenvalue weighted by atomic mass is 16.5. The molecular weight excluding hydrogens is 512 g/mol. The second-order valence-corrected chi connectivity index (χ2v) is 11.4. The van der Waals surface area contributed by atoms with Crippen LogP contribution in [0.1, 0.15) is 141 Å². The van der Waals surface area contributed by atoms with Crippen LogP contribution in [-0.4, -0.2) is 37.2 Å². The molecule has 0 heterocycles. The first-order valence-corrected chi connectivity index (χ1v) is 15.9. The van der Waals surface area contributed by atoms with Gasteiger partial charge in [-0.15, -0.1) is 0 Å². The third-order valence-electron chi connectivity index (χ3n) is 8.37. The van der Waals surface area contributed by atoms with Crippen LogP contribution in [0.4, 0.5) is 11.4 Å². The predicted molar refractivity (Wildman–Crippen MR) is 169 cm³/mol. The molecule has 0 aromatic heterocycles. The molecule has 6 heteroatoms. The standard InChI is InChI=1S/C35H50N2O4/c1-6-11-14-24(9-4)22-37-30-19-18-29(36-20-13-8-3)31-32(30)34(39)28-21-26(16-17-27(28)33(31)38)35(40)41-23-25(10-5)15-12-7-2/h16-19,21,24-25,36-37H,6-15,20,22-23H2,1-5H3. The number of carbonyl (C=O) groups excluding carboxylic acids is 3. The lowest BCUT2D eigenvalue weighted by Gasteiger charge is -2.25. The zero-order chi connectivity index (χ0) is 29.8. The van der Waals surface area contributed by atoms with Crippen molar-refractivity contribution in [2.24, 2.45) is 11.8 Å². The molecule has 0 bridgehead atoms. The number of esters is 1. The zero-order valence-electron chi connectivity index (χ0n) is 25.9. The van der Waals surface area contributed by atoms with Crippen LogP contribution in [0.5, 0.6) is 0 Å². The SMILES string of the molecule is CCCCNc1ccc(NCC(CC)CCCC)c2c1C(=O)c1ccc(C(=O)OCC(CC)CCCC)cc1C2=O. The number of fused-ring (bicyclic) bond motifs is 2. The van der Waals surface area contributed by atoms with Gasteiger partial charge in [0.2, 0.25) is 0 Å². The summed E-state index contributed by atoms with van der Waals surface area (Å²) in [6.45, 7) is 12.6. The molecular formula is C35H50N2O4. The van der Waals surface area contributed by atoms with Gasteiger partial charge in [-0.1, -0.05) is 79.6 Å². The van der Waals surface area contributed by atoms with E-state index < -0.39 is 5.97 Å². The molecule has 1 aliphatic rings. The van der Waals surface area contributed by atoms with E-state index in [-0.39, 0.29) is 17.1 Å². The van der Waals surface area contributed by atoms with Crippen LogP contribution in [0.3, 0.4) is 0 Å². The number of benzene rings is 2. The smallest absolute Gasteiger partial charge is 0.338 e. The highest BCUT2D eigenvalue weighted by Gasteiger charge is 2.35. The zero-order valence-corrected chi connectivity index (χ0v) is 25.9. The minimum Gasteiger partial charge on any atom is -0.462 e. The van der Waals surface area contributed by atoms with Gasteiger partial charge in [0.05, 0.1) is 23.3 Å². The van der Waals surface area contributed by atoms with Gasteiger partial charge in [-0.3, -0.25) is 9.59 Å². The van der Waals surface area contributed by atoms with E-state index in [9.17, 15) is 14.4 Å². The number of hydrogen-bond acceptors (Lipinski definition) is 6. The van der Waals surface area contributed by atoms with Gasteiger partial charge >= 0.3 is 5.97 Å². The average molecular weight is 563 g/mol. The number of nitrogens with one attached hydrogen (secondary N) is 2. The number of ether oxygens (including phenoxy) is 1. The summed E-state index contributed by atoms with van der Waals surface area (Å²) in [5.74, 6) is -0.0741. The maximum atomic E-state index is 14.1. The van der Waals surface area contributed by atoms with Crippen LogP contribution in [0.2, 0.25) is 0 Å². The van der Waals surface area contributed by atoms with Gasteiger partial charge in [0.1, 0.15) is 0 Å². The number of ketones is 2. The number of hydrogen-bond donors (Lipinski definition) is 2. The fraction of sp³-hybridized carbons (Fsp3) is 0.571. The molecule has 0 saturated carbocycles. The molecule has 0 amide bonds. The predicted octanol–water partition coefficient (Wildman–Crippen LogP) is 8.68. The van der Waals surface area contributed by atoms with Gasteiger partial charge < -0.3 is 15.4 Å². The molecule has 41 heavy (non-hydrogen) atoms. The first-order chi connectivity index (χ1) is 19.9. The molecule has 6 nitrogen and oxygen atoms in total. The number of carbonyl (C=O) groups is 3. The quantitative estimate of drug-likeness (QED) is 0.119. The molecule has 224 valence electrons. The van der Waals surface area contributed by atoms with Crippen molar-refractivity contribution in [3.05, 3.63) is 58.1 Å². The monoisotopic (exact) mass is 562 g/mol. The van der Waals surface area contributed by atoms with Crippen molar-refractivity contribution in [3.8, 4) is 0 Å². The lowest BCUT2D eigenvalue weighted by Crippen LogP contribution is -2.26. The largest absolute Gasteiger partial charge is 0.462 e. The van der Waals surface area contributed by atoms with Crippen LogP contribution in [0.25, 0.3) is 0 Å². The minimum absolute atomic E-state index is 0.194. The Morgan fingerprint density at radius 2 is 1.32 bits per heavy atom. The van der Waals surface area contributed by atoms with Crippen LogP contribution >= 0.6 is 0 Å². The Labute approximate surface area is 247 Å². The summed E-state index contributed by atoms with van der Waals surface area (Å²) < 4.78 is 5.65. The lowest BCUT2D eigenvalue weighted by molar-refractivity contribution is 0.0428. The topological polar surface area (TPSA) is 84.5 Å². The van der Waals surface area contributed by atoms with E-state index in [4.69, 9.17) is 4.74 Å². The van der Waals surface area contributed by atoms with Crippen LogP contribution in [-0.2, 0) is 4.74 Å². The summed E-state index contributed by atoms with van der Waals surface area (Å²) in [6, 6.07) is 8.59. The molecule has 0 aliphatic heterocycles. The Kier molecular flexibility index (Phi) is 12.9. The van der Waals surface area contributed by atoms with E-state index in [1.807, 2.05) is 12.1 Å². The van der Waals surface area contributed by atoms with Crippen molar-refractivity contribution in [3.63, 3.8) is 0 Å². The summed E-state index contributed by atoms with van der Waals surface area (Å²) in [6.07, 6.45) is 10.7. The van der Waals surface area contributed by atoms with Crippen molar-refractivity contribution < 1.29 is 19.1 Å². The number of unbranched alkanes of at least 4 members (excludes halogenated alkanes) is 3. The van der Waals surface area contributed by atoms with E-state index in [1.54, 1.807) is 18.2 Å². The highest BCUT2D eigenvalue weighted by Crippen LogP contribution is 2.37. The highest BCUT2D eigenvalue weighted by molar-refractivity contribution is 6.32. The maximum Gasteiger partial charge on any atom is 0.338 e. The first kappa shape index (κ1) is 32.4. The molecule has 2 aromatic carbocycles. The molecule has 2 N–H and O–H groups in total. The summed E-state index contributed by atoms with van der Waals surface area (Å²) in [5, 5.41) is 6.90. The Morgan fingerprint density at radius 1 is 0.732 bits per heavy atom. The molecule has 2 unspecified atom stereocenters. The van der Waals surface area contributed by atoms with Crippen molar-refractivity contribution >= 4 is 28.9 Å². The molecule has 0 spiro atoms. The molecule has 0 fully saturated rings. The molecule has 1 aliphatic carbocycles. The van der Waals surface area contributed by atoms with Gasteiger partial charge in [0.15, 0.2) is 11.6 Å². The van der Waals surface area contributed by atoms with Crippen LogP contribution in [0, 0.1) is 11.8 Å². The fourth-order valence-corrected chi connectivity index (χ4v) is 5.47. The summed E-state index contributed by atoms with van der Waals surface area (Å²) in [5.41, 5.74) is 3.07. The summed E-state index contributed by atoms with van der Waals surface area (Å²) in [4.78, 5) is 41.0. The molecule has 2 atom stereocenters. The third kappa shape index (κ3) is 8.21. The van der Waals surface area contributed by atoms with E-state index in [1.165, 1.54) is 6.42 Å². The van der Waals surface area contributed by atoms with Gasteiger partial charge in [-0.25, -0.2) is 4.79 Å². The van der Waals surface area contributed by atoms with E-state index in [2.05, 4.69) is 45.3 Å². The van der Waals surface area contributed by atoms with Crippen molar-refractivity contribution in [2.75, 3.05) is 30.3 Å². The molecule has 2 aromatic rings. The molecule has 3 rings (SSSR count). The van der Waals surface area contributed by atoms with E-state index >= 15 is 0 Å². The van der Waals surface area contributed by atoms with Crippen LogP contribution in [0.15, 0.2) is 30.3 Å². The molecule has 0 saturated heterocycles. The number of rotatable bonds is 18. The Morgan fingerprint density at radius 3 is 1.93 bits per heavy atom. The van der Waals surface area contributed by atoms with E-state index in [0.717, 1.165) is 70.9 Å². The second kappa shape index (κ2) is 16.3. The molecule has 0 radical (unpaired) electrons. The van der Waals surface area contributed by atoms with Crippen LogP contribution < -0.4 is 10.6 Å². The lowest BCUT2D eigenvalue weighted by atomic mass is 9.81. The second-order valence-electron chi connectivity index (χ2n) is 11.4. The van der Waals surface area contributed by atoms with Gasteiger partial charge in [-0.2, -0.15) is 0 Å². The summed E-state index contributed by atoms with van der Waals surface area (Å²) >= 11 is 0. The fourth-order valence-electron chi connectivity index (χ4n) is 5.47. The third-order valence-corrected chi connectivity index (χ3v) is 8.37. The van der Waals surface area contributed by atoms with Crippen molar-refractivity contribution in [1.82, 2.24) is 0 Å². The van der Waals surface area contributed by atoms with E-state index in [0.29, 0.717) is 52.1 Å². The Bertz CT molecular complexity index is 1190. The first-order valence-electron chi connectivity index (χ1n) is 15.9. The normalized spacial score (nSPS) is 13.8.